The molecule has 0 aliphatic heterocycles. The molecule has 0 aliphatic rings. The summed E-state index contributed by atoms with van der Waals surface area (Å²) in [5.74, 6) is 1.15. The molecule has 2 aromatic heterocycles. The van der Waals surface area contributed by atoms with Crippen LogP contribution in [0, 0.1) is 6.92 Å². The Labute approximate surface area is 126 Å². The summed E-state index contributed by atoms with van der Waals surface area (Å²) in [4.78, 5) is 6.69. The van der Waals surface area contributed by atoms with Gasteiger partial charge in [-0.15, -0.1) is 6.58 Å². The van der Waals surface area contributed by atoms with Crippen molar-refractivity contribution in [1.82, 2.24) is 24.2 Å². The van der Waals surface area contributed by atoms with Gasteiger partial charge in [0.1, 0.15) is 5.82 Å². The molecule has 0 aromatic carbocycles. The highest BCUT2D eigenvalue weighted by atomic mass is 15.3. The zero-order valence-corrected chi connectivity index (χ0v) is 13.3. The Kier molecular flexibility index (Phi) is 5.33. The third kappa shape index (κ3) is 4.29. The monoisotopic (exact) mass is 287 g/mol. The van der Waals surface area contributed by atoms with E-state index in [1.165, 1.54) is 5.56 Å². The van der Waals surface area contributed by atoms with Gasteiger partial charge in [-0.3, -0.25) is 4.68 Å². The zero-order valence-electron chi connectivity index (χ0n) is 13.3. The Morgan fingerprint density at radius 3 is 2.90 bits per heavy atom. The van der Waals surface area contributed by atoms with Gasteiger partial charge in [0.15, 0.2) is 0 Å². The molecule has 0 unspecified atom stereocenters. The SMILES string of the molecule is C=CCn1cc(CN(C)CCCc2nccn2C)c(C)n1. The summed E-state index contributed by atoms with van der Waals surface area (Å²) in [6.07, 6.45) is 9.97. The van der Waals surface area contributed by atoms with Crippen LogP contribution in [0.5, 0.6) is 0 Å². The van der Waals surface area contributed by atoms with Crippen molar-refractivity contribution in [2.75, 3.05) is 13.6 Å². The lowest BCUT2D eigenvalue weighted by molar-refractivity contribution is 0.320. The fourth-order valence-corrected chi connectivity index (χ4v) is 2.45. The van der Waals surface area contributed by atoms with Gasteiger partial charge >= 0.3 is 0 Å². The molecule has 0 radical (unpaired) electrons. The summed E-state index contributed by atoms with van der Waals surface area (Å²) in [7, 11) is 4.20. The number of rotatable bonds is 8. The fourth-order valence-electron chi connectivity index (χ4n) is 2.45. The molecule has 0 saturated heterocycles. The Balaban J connectivity index is 1.80. The van der Waals surface area contributed by atoms with Gasteiger partial charge in [0.05, 0.1) is 12.2 Å². The standard InChI is InChI=1S/C16H25N5/c1-5-9-21-13-15(14(2)18-21)12-19(3)10-6-7-16-17-8-11-20(16)4/h5,8,11,13H,1,6-7,9-10,12H2,2-4H3. The second kappa shape index (κ2) is 7.22. The highest BCUT2D eigenvalue weighted by Gasteiger charge is 2.08. The first-order chi connectivity index (χ1) is 10.1. The van der Waals surface area contributed by atoms with Crippen LogP contribution in [-0.2, 0) is 26.6 Å². The molecule has 2 heterocycles. The normalized spacial score (nSPS) is 11.2. The van der Waals surface area contributed by atoms with Crippen LogP contribution >= 0.6 is 0 Å². The lowest BCUT2D eigenvalue weighted by Gasteiger charge is -2.15. The Bertz CT molecular complexity index is 581. The van der Waals surface area contributed by atoms with E-state index in [1.807, 2.05) is 30.2 Å². The molecular weight excluding hydrogens is 262 g/mol. The van der Waals surface area contributed by atoms with Crippen LogP contribution in [0.1, 0.15) is 23.5 Å². The summed E-state index contributed by atoms with van der Waals surface area (Å²) in [6.45, 7) is 8.57. The van der Waals surface area contributed by atoms with Gasteiger partial charge in [-0.05, 0) is 26.9 Å². The van der Waals surface area contributed by atoms with Gasteiger partial charge < -0.3 is 9.47 Å². The van der Waals surface area contributed by atoms with Crippen LogP contribution < -0.4 is 0 Å². The molecule has 0 aliphatic carbocycles. The van der Waals surface area contributed by atoms with E-state index >= 15 is 0 Å². The topological polar surface area (TPSA) is 38.9 Å². The van der Waals surface area contributed by atoms with Crippen molar-refractivity contribution in [1.29, 1.82) is 0 Å². The fraction of sp³-hybridized carbons (Fsp3) is 0.500. The van der Waals surface area contributed by atoms with E-state index in [1.54, 1.807) is 0 Å². The number of aromatic nitrogens is 4. The first-order valence-electron chi connectivity index (χ1n) is 7.38. The average molecular weight is 287 g/mol. The van der Waals surface area contributed by atoms with Gasteiger partial charge in [-0.2, -0.15) is 5.10 Å². The van der Waals surface area contributed by atoms with Gasteiger partial charge in [0.25, 0.3) is 0 Å². The van der Waals surface area contributed by atoms with Gasteiger partial charge in [-0.1, -0.05) is 6.08 Å². The Morgan fingerprint density at radius 1 is 1.43 bits per heavy atom. The van der Waals surface area contributed by atoms with Crippen molar-refractivity contribution in [2.24, 2.45) is 7.05 Å². The molecule has 2 rings (SSSR count). The molecule has 0 bridgehead atoms. The largest absolute Gasteiger partial charge is 0.338 e. The second-order valence-corrected chi connectivity index (χ2v) is 5.55. The molecule has 0 spiro atoms. The van der Waals surface area contributed by atoms with Crippen molar-refractivity contribution in [3.05, 3.63) is 48.3 Å². The predicted molar refractivity (Wildman–Crippen MR) is 85.0 cm³/mol. The van der Waals surface area contributed by atoms with Crippen LogP contribution in [0.2, 0.25) is 0 Å². The molecule has 5 nitrogen and oxygen atoms in total. The highest BCUT2D eigenvalue weighted by molar-refractivity contribution is 5.15. The van der Waals surface area contributed by atoms with Crippen molar-refractivity contribution >= 4 is 0 Å². The van der Waals surface area contributed by atoms with Gasteiger partial charge in [0.2, 0.25) is 0 Å². The lowest BCUT2D eigenvalue weighted by Crippen LogP contribution is -2.20. The van der Waals surface area contributed by atoms with Crippen LogP contribution in [-0.4, -0.2) is 37.8 Å². The van der Waals surface area contributed by atoms with E-state index in [-0.39, 0.29) is 0 Å². The summed E-state index contributed by atoms with van der Waals surface area (Å²) >= 11 is 0. The van der Waals surface area contributed by atoms with Crippen molar-refractivity contribution in [3.63, 3.8) is 0 Å². The van der Waals surface area contributed by atoms with E-state index in [0.29, 0.717) is 0 Å². The van der Waals surface area contributed by atoms with E-state index < -0.39 is 0 Å². The van der Waals surface area contributed by atoms with Crippen LogP contribution in [0.4, 0.5) is 0 Å². The van der Waals surface area contributed by atoms with E-state index in [2.05, 4.69) is 46.3 Å². The minimum atomic E-state index is 0.768. The van der Waals surface area contributed by atoms with E-state index in [9.17, 15) is 0 Å². The highest BCUT2D eigenvalue weighted by Crippen LogP contribution is 2.09. The minimum Gasteiger partial charge on any atom is -0.338 e. The zero-order chi connectivity index (χ0) is 15.2. The van der Waals surface area contributed by atoms with Crippen LogP contribution in [0.15, 0.2) is 31.2 Å². The molecule has 114 valence electrons. The first kappa shape index (κ1) is 15.5. The molecule has 0 saturated carbocycles. The Hall–Kier alpha value is -1.88. The average Bonchev–Trinajstić information content (AvgIpc) is 2.98. The molecule has 21 heavy (non-hydrogen) atoms. The summed E-state index contributed by atoms with van der Waals surface area (Å²) < 4.78 is 4.03. The third-order valence-electron chi connectivity index (χ3n) is 3.67. The molecule has 0 amide bonds. The molecule has 2 aromatic rings. The molecular formula is C16H25N5. The lowest BCUT2D eigenvalue weighted by atomic mass is 10.2. The first-order valence-corrected chi connectivity index (χ1v) is 7.38. The maximum Gasteiger partial charge on any atom is 0.108 e. The van der Waals surface area contributed by atoms with Crippen molar-refractivity contribution in [2.45, 2.75) is 32.9 Å². The number of allylic oxidation sites excluding steroid dienone is 1. The minimum absolute atomic E-state index is 0.768. The summed E-state index contributed by atoms with van der Waals surface area (Å²) in [5.41, 5.74) is 2.39. The molecule has 5 heteroatoms. The van der Waals surface area contributed by atoms with Gasteiger partial charge in [0, 0.05) is 44.2 Å². The van der Waals surface area contributed by atoms with E-state index in [0.717, 1.165) is 44.0 Å². The molecule has 0 fully saturated rings. The Morgan fingerprint density at radius 2 is 2.24 bits per heavy atom. The van der Waals surface area contributed by atoms with Crippen LogP contribution in [0.3, 0.4) is 0 Å². The predicted octanol–water partition coefficient (Wildman–Crippen LogP) is 2.18. The number of nitrogens with zero attached hydrogens (tertiary/aromatic N) is 5. The third-order valence-corrected chi connectivity index (χ3v) is 3.67. The quantitative estimate of drug-likeness (QED) is 0.699. The van der Waals surface area contributed by atoms with Gasteiger partial charge in [-0.25, -0.2) is 4.98 Å². The summed E-state index contributed by atoms with van der Waals surface area (Å²) in [6, 6.07) is 0. The van der Waals surface area contributed by atoms with Crippen molar-refractivity contribution in [3.8, 4) is 0 Å². The molecule has 0 atom stereocenters. The number of hydrogen-bond acceptors (Lipinski definition) is 3. The molecule has 0 N–H and O–H groups in total. The number of aryl methyl sites for hydroxylation is 3. The second-order valence-electron chi connectivity index (χ2n) is 5.55. The van der Waals surface area contributed by atoms with Crippen molar-refractivity contribution < 1.29 is 0 Å². The number of hydrogen-bond donors (Lipinski definition) is 0. The maximum absolute atomic E-state index is 4.49. The number of imidazole rings is 1. The smallest absolute Gasteiger partial charge is 0.108 e. The maximum atomic E-state index is 4.49. The summed E-state index contributed by atoms with van der Waals surface area (Å²) in [5, 5.41) is 4.49. The van der Waals surface area contributed by atoms with Crippen LogP contribution in [0.25, 0.3) is 0 Å². The van der Waals surface area contributed by atoms with E-state index in [4.69, 9.17) is 0 Å².